The number of ether oxygens (including phenoxy) is 2. The minimum absolute atomic E-state index is 0. The third kappa shape index (κ3) is 32.6. The molecule has 14 heavy (non-hydrogen) atoms. The van der Waals surface area contributed by atoms with Crippen LogP contribution in [-0.4, -0.2) is 26.9 Å². The maximum absolute atomic E-state index is 4.79. The van der Waals surface area contributed by atoms with Gasteiger partial charge in [0, 0.05) is 20.8 Å². The zero-order chi connectivity index (χ0) is 9.98. The van der Waals surface area contributed by atoms with Gasteiger partial charge in [-0.1, -0.05) is 26.4 Å². The Hall–Kier alpha value is -2.08. The second-order valence-electron chi connectivity index (χ2n) is 2.83. The second-order valence-corrected chi connectivity index (χ2v) is 2.83. The summed E-state index contributed by atoms with van der Waals surface area (Å²) in [5.41, 5.74) is 0. The van der Waals surface area contributed by atoms with Gasteiger partial charge in [0.2, 0.25) is 0 Å². The van der Waals surface area contributed by atoms with Gasteiger partial charge in [0.25, 0.3) is 0 Å². The first kappa shape index (κ1) is 22.7. The van der Waals surface area contributed by atoms with E-state index in [1.165, 1.54) is 0 Å². The Morgan fingerprint density at radius 3 is 1.57 bits per heavy atom. The van der Waals surface area contributed by atoms with Gasteiger partial charge in [-0.05, 0) is 0 Å². The van der Waals surface area contributed by atoms with Crippen LogP contribution in [-0.2, 0) is 9.47 Å². The molecule has 4 heteroatoms. The third-order valence-electron chi connectivity index (χ3n) is 1.24. The fourth-order valence-electron chi connectivity index (χ4n) is 0.451. The van der Waals surface area contributed by atoms with E-state index >= 15 is 0 Å². The topological polar surface area (TPSA) is 18.5 Å². The first-order valence-corrected chi connectivity index (χ1v) is 4.26. The van der Waals surface area contributed by atoms with E-state index in [2.05, 4.69) is 13.8 Å². The quantitative estimate of drug-likeness (QED) is 0.419. The zero-order valence-corrected chi connectivity index (χ0v) is 23.0. The first-order valence-electron chi connectivity index (χ1n) is 4.26. The second kappa shape index (κ2) is 17.1. The molecule has 0 saturated heterocycles. The summed E-state index contributed by atoms with van der Waals surface area (Å²) in [7, 11) is 3.35. The zero-order valence-electron chi connectivity index (χ0n) is 10.2. The Morgan fingerprint density at radius 1 is 1.14 bits per heavy atom. The van der Waals surface area contributed by atoms with E-state index in [0.717, 1.165) is 13.0 Å². The molecule has 0 aliphatic heterocycles. The standard InChI is InChI=1S/2C5H11O.2Rf/c1-5(2)4-6-3;1-4-5(2)6-3;;/h5H,1,4H2,2-3H3;5H,2,4H2,1,3H3;;/q2*-1;;. The smallest absolute Gasteiger partial charge is 0.0353 e. The Labute approximate surface area is 77.3 Å². The van der Waals surface area contributed by atoms with Gasteiger partial charge in [0.05, 0.1) is 0 Å². The molecule has 80 valence electrons. The average molecular weight is 708 g/mol. The summed E-state index contributed by atoms with van der Waals surface area (Å²) in [6.45, 7) is 12.2. The first-order chi connectivity index (χ1) is 5.58. The van der Waals surface area contributed by atoms with Crippen molar-refractivity contribution in [2.45, 2.75) is 26.4 Å². The Morgan fingerprint density at radius 2 is 1.57 bits per heavy atom. The fourth-order valence-corrected chi connectivity index (χ4v) is 0.451. The van der Waals surface area contributed by atoms with Crippen molar-refractivity contribution in [2.24, 2.45) is 5.92 Å². The van der Waals surface area contributed by atoms with Crippen LogP contribution in [0, 0.1) is 19.8 Å². The van der Waals surface area contributed by atoms with Gasteiger partial charge in [-0.25, -0.2) is 0 Å². The number of hydrogen-bond acceptors (Lipinski definition) is 2. The Bertz CT molecular complexity index is 76.5. The molecule has 0 aromatic carbocycles. The van der Waals surface area contributed by atoms with Crippen LogP contribution < -0.4 is 0 Å². The van der Waals surface area contributed by atoms with Crippen molar-refractivity contribution in [2.75, 3.05) is 20.8 Å². The molecule has 0 saturated carbocycles. The van der Waals surface area contributed by atoms with E-state index < -0.39 is 0 Å². The molecule has 0 heterocycles. The third-order valence-corrected chi connectivity index (χ3v) is 1.24. The SMILES string of the molecule is [CH2-]C(C)COC.[CH2-]C(CC)OC.[Rf].[Rf]. The van der Waals surface area contributed by atoms with Crippen LogP contribution in [0.4, 0.5) is 0 Å². The van der Waals surface area contributed by atoms with Gasteiger partial charge in [-0.15, -0.1) is 5.92 Å². The van der Waals surface area contributed by atoms with Gasteiger partial charge >= 0.3 is 0 Å². The molecule has 0 fully saturated rings. The molecular formula is C10H22O2Rf2-2. The van der Waals surface area contributed by atoms with Crippen LogP contribution in [0.3, 0.4) is 0 Å². The molecular weight excluding hydrogens is 686 g/mol. The van der Waals surface area contributed by atoms with Crippen molar-refractivity contribution in [3.05, 3.63) is 13.8 Å². The van der Waals surface area contributed by atoms with E-state index in [4.69, 9.17) is 9.47 Å². The monoisotopic (exact) mass is 708 g/mol. The van der Waals surface area contributed by atoms with E-state index in [-0.39, 0.29) is 6.10 Å². The number of rotatable bonds is 4. The van der Waals surface area contributed by atoms with E-state index in [0.29, 0.717) is 5.92 Å². The predicted octanol–water partition coefficient (Wildman–Crippen LogP) is 2.35. The summed E-state index contributed by atoms with van der Waals surface area (Å²) < 4.78 is 9.53. The fraction of sp³-hybridized carbons (Fsp3) is 0.800. The Kier molecular flexibility index (Phi) is 27.7. The Balaban J connectivity index is -0.0000000625. The average Bonchev–Trinajstić information content (AvgIpc) is 2.04. The normalized spacial score (nSPS) is 12.4. The van der Waals surface area contributed by atoms with Crippen LogP contribution in [0.1, 0.15) is 20.3 Å². The molecule has 0 aliphatic carbocycles. The van der Waals surface area contributed by atoms with E-state index in [1.54, 1.807) is 14.2 Å². The van der Waals surface area contributed by atoms with Gasteiger partial charge in [0.15, 0.2) is 0 Å². The van der Waals surface area contributed by atoms with Crippen LogP contribution in [0.15, 0.2) is 0 Å². The molecule has 0 spiro atoms. The van der Waals surface area contributed by atoms with Gasteiger partial charge < -0.3 is 23.3 Å². The minimum atomic E-state index is 0. The molecule has 0 amide bonds. The van der Waals surface area contributed by atoms with E-state index in [9.17, 15) is 0 Å². The molecule has 2 unspecified atom stereocenters. The summed E-state index contributed by atoms with van der Waals surface area (Å²) in [5.74, 6) is 0.426. The van der Waals surface area contributed by atoms with Crippen molar-refractivity contribution < 1.29 is 9.47 Å². The molecule has 0 aromatic heterocycles. The summed E-state index contributed by atoms with van der Waals surface area (Å²) in [6, 6.07) is 0. The van der Waals surface area contributed by atoms with Gasteiger partial charge in [0.1, 0.15) is 0 Å². The molecule has 0 aliphatic rings. The summed E-state index contributed by atoms with van der Waals surface area (Å²) in [4.78, 5) is 0. The van der Waals surface area contributed by atoms with Crippen molar-refractivity contribution in [1.82, 2.24) is 0 Å². The molecule has 0 radical (unpaired) electrons. The maximum atomic E-state index is 4.79. The van der Waals surface area contributed by atoms with Crippen LogP contribution in [0.5, 0.6) is 0 Å². The molecule has 0 bridgehead atoms. The van der Waals surface area contributed by atoms with Gasteiger partial charge in [-0.2, -0.15) is 0 Å². The van der Waals surface area contributed by atoms with Crippen molar-refractivity contribution in [3.63, 3.8) is 0 Å². The molecule has 0 N–H and O–H groups in total. The number of methoxy groups -OCH3 is 2. The largest absolute Gasteiger partial charge is 0.413 e. The summed E-state index contributed by atoms with van der Waals surface area (Å²) >= 11 is 0. The molecule has 0 rings (SSSR count). The van der Waals surface area contributed by atoms with Crippen LogP contribution in [0.25, 0.3) is 0 Å². The van der Waals surface area contributed by atoms with Crippen molar-refractivity contribution in [3.8, 4) is 0 Å². The molecule has 0 aromatic rings. The van der Waals surface area contributed by atoms with Crippen molar-refractivity contribution in [1.29, 1.82) is 0 Å². The molecule has 2 atom stereocenters. The molecule has 2 nitrogen and oxygen atoms in total. The van der Waals surface area contributed by atoms with Crippen LogP contribution in [0.2, 0.25) is 0 Å². The number of hydrogen-bond donors (Lipinski definition) is 0. The summed E-state index contributed by atoms with van der Waals surface area (Å²) in [5, 5.41) is 0. The maximum Gasteiger partial charge on any atom is 0.0353 e. The predicted molar refractivity (Wildman–Crippen MR) is 52.8 cm³/mol. The van der Waals surface area contributed by atoms with Crippen molar-refractivity contribution >= 4 is 0 Å². The van der Waals surface area contributed by atoms with E-state index in [1.807, 2.05) is 13.8 Å². The summed E-state index contributed by atoms with van der Waals surface area (Å²) in [6.07, 6.45) is 1.18. The minimum Gasteiger partial charge on any atom is -0.413 e. The van der Waals surface area contributed by atoms with Crippen LogP contribution >= 0.6 is 0 Å². The van der Waals surface area contributed by atoms with Gasteiger partial charge in [-0.3, -0.25) is 0 Å².